The summed E-state index contributed by atoms with van der Waals surface area (Å²) in [5.74, 6) is 0. The number of aromatic nitrogens is 1. The summed E-state index contributed by atoms with van der Waals surface area (Å²) in [4.78, 5) is 4.69. The summed E-state index contributed by atoms with van der Waals surface area (Å²) in [5.41, 5.74) is -19.6. The second-order valence-corrected chi connectivity index (χ2v) is 27.8. The van der Waals surface area contributed by atoms with E-state index < -0.39 is 203 Å². The van der Waals surface area contributed by atoms with Gasteiger partial charge in [-0.25, -0.2) is 0 Å². The summed E-state index contributed by atoms with van der Waals surface area (Å²) in [5, 5.41) is 2.25. The van der Waals surface area contributed by atoms with Crippen LogP contribution in [0, 0.1) is 60.3 Å². The first-order valence-corrected chi connectivity index (χ1v) is 32.2. The smallest absolute Gasteiger partial charge is 0.399 e. The molecule has 0 unspecified atom stereocenters. The quantitative estimate of drug-likeness (QED) is 0.118. The number of halogens is 24. The number of benzene rings is 6. The summed E-state index contributed by atoms with van der Waals surface area (Å²) in [6.45, 7) is 26.2. The van der Waals surface area contributed by atoms with Gasteiger partial charge in [-0.1, -0.05) is 108 Å². The molecule has 0 N–H and O–H groups in total. The predicted molar refractivity (Wildman–Crippen MR) is 342 cm³/mol. The van der Waals surface area contributed by atoms with E-state index in [1.165, 1.54) is 47.9 Å². The van der Waals surface area contributed by atoms with Crippen LogP contribution in [0.3, 0.4) is 0 Å². The van der Waals surface area contributed by atoms with Crippen LogP contribution in [0.1, 0.15) is 170 Å². The Kier molecular flexibility index (Phi) is 25.4. The first-order valence-electron chi connectivity index (χ1n) is 31.1. The van der Waals surface area contributed by atoms with Crippen molar-refractivity contribution in [3.05, 3.63) is 218 Å². The maximum Gasteiger partial charge on any atom is 0.416 e. The second kappa shape index (κ2) is 30.7. The SMILES string of the molecule is Cc1cccc([C@H](C)Op2oc3c(C(C)(C)C)cc(C)c(C)c3c3c(C)c(C)cc(C(C)(C)C)c3o2)n1.FC(F)(F)c1cc([B-](c2cc(C(F)(F)F)cc(C(F)(F)F)c2)(c2cc(C(F)(F)F)cc(C(F)(F)F)c2)c2cc(C(F)(F)F)cc(C(F)(F)F)c2)cc(C(F)(F)F)c1.[CH]1[CH]CC[CH][CH]CC1.[Ir]. The number of alkyl halides is 24. The standard InChI is InChI=1S/C32H12BF24.C32H42NO3P.C8H12.Ir/c34-25(35,36)13-1-14(26(37,38)39)6-21(5-13)33(22-7-15(27(40,41)42)2-16(8-22)28(43,44)45,23-9-17(29(46,47)48)3-18(10-23)30(49,50)51)24-11-19(31(52,53)54)4-20(12-24)32(55,56)57;1-18-16-24(31(7,8)9)29-27(21(18)4)28-22(5)19(2)17-25(32(10,11)12)30(28)36-37(35-29)34-23(6)26-15-13-14-20(3)33-26;1-2-4-6-8-7-5-3-1;/h1-12H;13-17,23H,1-12H3;1-2,7-8H,3-6H2;/q-1;;;/t;23-;;/m.0../s1. The van der Waals surface area contributed by atoms with E-state index in [9.17, 15) is 105 Å². The molecule has 0 saturated heterocycles. The van der Waals surface area contributed by atoms with Crippen LogP contribution in [0.25, 0.3) is 21.9 Å². The van der Waals surface area contributed by atoms with Crippen LogP contribution in [-0.2, 0) is 80.3 Å². The number of rotatable bonds is 7. The molecule has 0 bridgehead atoms. The van der Waals surface area contributed by atoms with E-state index in [-0.39, 0.29) is 37.0 Å². The number of pyridine rings is 1. The molecule has 2 aromatic heterocycles. The van der Waals surface area contributed by atoms with Gasteiger partial charge in [0.1, 0.15) is 23.4 Å². The third-order valence-corrected chi connectivity index (χ3v) is 18.3. The zero-order valence-electron chi connectivity index (χ0n) is 56.6. The zero-order valence-corrected chi connectivity index (χ0v) is 59.9. The molecule has 0 spiro atoms. The summed E-state index contributed by atoms with van der Waals surface area (Å²) < 4.78 is 361. The minimum absolute atomic E-state index is 0. The van der Waals surface area contributed by atoms with Crippen molar-refractivity contribution in [1.29, 1.82) is 0 Å². The van der Waals surface area contributed by atoms with Gasteiger partial charge in [-0.3, -0.25) is 9.51 Å². The van der Waals surface area contributed by atoms with E-state index in [0.717, 1.165) is 44.5 Å². The van der Waals surface area contributed by atoms with E-state index >= 15 is 0 Å². The summed E-state index contributed by atoms with van der Waals surface area (Å²) >= 11 is 0. The Balaban J connectivity index is 0.000000308. The van der Waals surface area contributed by atoms with Gasteiger partial charge in [-0.05, 0) is 162 Å². The van der Waals surface area contributed by atoms with Gasteiger partial charge in [0.15, 0.2) is 0 Å². The van der Waals surface area contributed by atoms with Crippen molar-refractivity contribution in [2.45, 2.75) is 175 Å². The first kappa shape index (κ1) is 85.3. The van der Waals surface area contributed by atoms with Gasteiger partial charge in [0.25, 0.3) is 0 Å². The third kappa shape index (κ3) is 20.1. The topological polar surface area (TPSA) is 48.4 Å². The molecule has 0 amide bonds. The Bertz CT molecular complexity index is 3840. The number of fused-ring (bicyclic) bond motifs is 3. The monoisotopic (exact) mass is 1680 g/mol. The van der Waals surface area contributed by atoms with E-state index in [4.69, 9.17) is 12.9 Å². The average molecular weight is 1680 g/mol. The van der Waals surface area contributed by atoms with Gasteiger partial charge in [-0.15, -0.1) is 0 Å². The molecule has 1 aliphatic carbocycles. The largest absolute Gasteiger partial charge is 0.416 e. The van der Waals surface area contributed by atoms with Crippen molar-refractivity contribution in [1.82, 2.24) is 4.98 Å². The molecule has 1 fully saturated rings. The Morgan fingerprint density at radius 2 is 0.621 bits per heavy atom. The minimum Gasteiger partial charge on any atom is -0.399 e. The van der Waals surface area contributed by atoms with E-state index in [2.05, 4.69) is 112 Å². The van der Waals surface area contributed by atoms with Gasteiger partial charge in [0.2, 0.25) is 0 Å². The fourth-order valence-electron chi connectivity index (χ4n) is 11.8. The Morgan fingerprint density at radius 3 is 0.835 bits per heavy atom. The maximum atomic E-state index is 14.2. The van der Waals surface area contributed by atoms with Gasteiger partial charge in [0, 0.05) is 47.7 Å². The summed E-state index contributed by atoms with van der Waals surface area (Å²) in [7, 11) is -1.75. The van der Waals surface area contributed by atoms with Crippen molar-refractivity contribution in [2.75, 3.05) is 0 Å². The molecule has 1 saturated carbocycles. The fraction of sp³-hybridized carbons (Fsp3) is 0.375. The number of hydrogen-bond donors (Lipinski definition) is 0. The fourth-order valence-corrected chi connectivity index (χ4v) is 13.0. The maximum absolute atomic E-state index is 14.2. The van der Waals surface area contributed by atoms with Gasteiger partial charge < -0.3 is 8.39 Å². The minimum atomic E-state index is -6.13. The van der Waals surface area contributed by atoms with Gasteiger partial charge >= 0.3 is 57.7 Å². The molecule has 5 radical (unpaired) electrons. The molecule has 4 nitrogen and oxygen atoms in total. The predicted octanol–water partition coefficient (Wildman–Crippen LogP) is 23.6. The molecule has 8 aromatic rings. The molecule has 103 heavy (non-hydrogen) atoms. The second-order valence-electron chi connectivity index (χ2n) is 26.8. The van der Waals surface area contributed by atoms with Crippen molar-refractivity contribution >= 4 is 58.2 Å². The molecular formula is C72H66BF24IrNO3P-. The molecule has 0 aliphatic heterocycles. The van der Waals surface area contributed by atoms with Crippen LogP contribution >= 0.6 is 8.24 Å². The van der Waals surface area contributed by atoms with Crippen LogP contribution in [0.2, 0.25) is 0 Å². The first-order chi connectivity index (χ1) is 46.4. The molecule has 563 valence electrons. The van der Waals surface area contributed by atoms with Crippen LogP contribution < -0.4 is 26.4 Å². The molecule has 2 heterocycles. The van der Waals surface area contributed by atoms with Crippen LogP contribution in [-0.4, -0.2) is 11.1 Å². The molecule has 9 rings (SSSR count). The normalized spacial score (nSPS) is 14.6. The Labute approximate surface area is 592 Å². The number of hydrogen-bond acceptors (Lipinski definition) is 4. The Hall–Kier alpha value is -6.64. The van der Waals surface area contributed by atoms with E-state index in [1.807, 2.05) is 32.0 Å². The summed E-state index contributed by atoms with van der Waals surface area (Å²) in [6, 6.07) is 1.73. The van der Waals surface area contributed by atoms with Gasteiger partial charge in [-0.2, -0.15) is 127 Å². The van der Waals surface area contributed by atoms with Crippen molar-refractivity contribution in [3.63, 3.8) is 0 Å². The third-order valence-electron chi connectivity index (χ3n) is 17.1. The van der Waals surface area contributed by atoms with Crippen molar-refractivity contribution in [3.8, 4) is 0 Å². The molecular weight excluding hydrogens is 1620 g/mol. The average Bonchev–Trinajstić information content (AvgIpc) is 0.848. The Morgan fingerprint density at radius 1 is 0.379 bits per heavy atom. The van der Waals surface area contributed by atoms with Crippen molar-refractivity contribution in [2.24, 2.45) is 0 Å². The number of nitrogens with zero attached hydrogens (tertiary/aromatic N) is 1. The molecule has 31 heteroatoms. The zero-order chi connectivity index (χ0) is 77.0. The molecule has 6 aromatic carbocycles. The van der Waals surface area contributed by atoms with Crippen LogP contribution in [0.4, 0.5) is 105 Å². The van der Waals surface area contributed by atoms with Gasteiger partial charge in [0.05, 0.1) is 50.2 Å². The van der Waals surface area contributed by atoms with Crippen molar-refractivity contribution < 1.29 is 138 Å². The van der Waals surface area contributed by atoms with E-state index in [0.29, 0.717) is 0 Å². The van der Waals surface area contributed by atoms with Crippen LogP contribution in [0.15, 0.2) is 112 Å². The number of aryl methyl sites for hydroxylation is 5. The molecule has 1 aliphatic rings. The van der Waals surface area contributed by atoms with E-state index in [1.54, 1.807) is 0 Å². The summed E-state index contributed by atoms with van der Waals surface area (Å²) in [6.07, 6.45) is -41.1. The van der Waals surface area contributed by atoms with Crippen LogP contribution in [0.5, 0.6) is 0 Å². The molecule has 1 atom stereocenters.